The van der Waals surface area contributed by atoms with Gasteiger partial charge in [0.2, 0.25) is 5.91 Å². The molecule has 1 amide bonds. The second-order valence-electron chi connectivity index (χ2n) is 4.81. The van der Waals surface area contributed by atoms with Crippen molar-refractivity contribution in [2.75, 3.05) is 16.8 Å². The summed E-state index contributed by atoms with van der Waals surface area (Å²) < 4.78 is 13.5. The molecule has 0 radical (unpaired) electrons. The number of carbonyl (C=O) groups is 1. The van der Waals surface area contributed by atoms with Crippen molar-refractivity contribution in [3.63, 3.8) is 0 Å². The first-order valence-electron chi connectivity index (χ1n) is 7.19. The van der Waals surface area contributed by atoms with E-state index in [1.165, 1.54) is 12.1 Å². The largest absolute Gasteiger partial charge is 0.324 e. The number of hydrogen-bond donors (Lipinski definition) is 1. The van der Waals surface area contributed by atoms with Crippen molar-refractivity contribution in [1.82, 2.24) is 0 Å². The fraction of sp³-hybridized carbons (Fsp3) is 0.167. The molecule has 2 rings (SSSR count). The van der Waals surface area contributed by atoms with Crippen molar-refractivity contribution in [3.05, 3.63) is 71.0 Å². The van der Waals surface area contributed by atoms with E-state index in [2.05, 4.69) is 17.5 Å². The number of amides is 1. The second kappa shape index (κ2) is 9.38. The standard InChI is InChI=1S/C18H17ClFNOS/c19-15-8-9-17(16(20)13-15)21-18(22)10-12-23-11-4-7-14-5-2-1-3-6-14/h1-9,13H,10-12H2,(H,21,22). The Morgan fingerprint density at radius 2 is 2.00 bits per heavy atom. The molecular weight excluding hydrogens is 333 g/mol. The highest BCUT2D eigenvalue weighted by molar-refractivity contribution is 7.99. The fourth-order valence-corrected chi connectivity index (χ4v) is 2.76. The van der Waals surface area contributed by atoms with Crippen molar-refractivity contribution >= 4 is 41.0 Å². The molecule has 0 aromatic heterocycles. The molecule has 1 N–H and O–H groups in total. The number of rotatable bonds is 7. The lowest BCUT2D eigenvalue weighted by molar-refractivity contribution is -0.115. The summed E-state index contributed by atoms with van der Waals surface area (Å²) >= 11 is 7.32. The van der Waals surface area contributed by atoms with Crippen LogP contribution in [0.15, 0.2) is 54.6 Å². The van der Waals surface area contributed by atoms with Crippen LogP contribution in [0.1, 0.15) is 12.0 Å². The maximum atomic E-state index is 13.5. The van der Waals surface area contributed by atoms with Crippen LogP contribution >= 0.6 is 23.4 Å². The van der Waals surface area contributed by atoms with Crippen LogP contribution < -0.4 is 5.32 Å². The third kappa shape index (κ3) is 6.47. The minimum atomic E-state index is -0.524. The normalized spacial score (nSPS) is 10.9. The second-order valence-corrected chi connectivity index (χ2v) is 6.40. The Bertz CT molecular complexity index is 676. The smallest absolute Gasteiger partial charge is 0.225 e. The van der Waals surface area contributed by atoms with Gasteiger partial charge in [-0.1, -0.05) is 54.1 Å². The number of thioether (sulfide) groups is 1. The van der Waals surface area contributed by atoms with Gasteiger partial charge in [0.25, 0.3) is 0 Å². The van der Waals surface area contributed by atoms with Crippen molar-refractivity contribution in [2.45, 2.75) is 6.42 Å². The van der Waals surface area contributed by atoms with Crippen molar-refractivity contribution in [2.24, 2.45) is 0 Å². The lowest BCUT2D eigenvalue weighted by atomic mass is 10.2. The highest BCUT2D eigenvalue weighted by Crippen LogP contribution is 2.19. The molecule has 2 aromatic carbocycles. The summed E-state index contributed by atoms with van der Waals surface area (Å²) in [5.74, 6) is 0.785. The van der Waals surface area contributed by atoms with Gasteiger partial charge in [-0.25, -0.2) is 4.39 Å². The van der Waals surface area contributed by atoms with Gasteiger partial charge in [0, 0.05) is 22.9 Å². The molecule has 0 heterocycles. The molecule has 0 spiro atoms. The van der Waals surface area contributed by atoms with E-state index >= 15 is 0 Å². The van der Waals surface area contributed by atoms with Crippen LogP contribution in [-0.2, 0) is 4.79 Å². The number of benzene rings is 2. The maximum Gasteiger partial charge on any atom is 0.225 e. The van der Waals surface area contributed by atoms with Gasteiger partial charge < -0.3 is 5.32 Å². The van der Waals surface area contributed by atoms with Gasteiger partial charge in [0.1, 0.15) is 5.82 Å². The van der Waals surface area contributed by atoms with Crippen LogP contribution in [-0.4, -0.2) is 17.4 Å². The quantitative estimate of drug-likeness (QED) is 0.691. The van der Waals surface area contributed by atoms with E-state index in [1.54, 1.807) is 17.8 Å². The van der Waals surface area contributed by atoms with Crippen LogP contribution in [0.25, 0.3) is 6.08 Å². The summed E-state index contributed by atoms with van der Waals surface area (Å²) in [6.45, 7) is 0. The van der Waals surface area contributed by atoms with Gasteiger partial charge >= 0.3 is 0 Å². The lowest BCUT2D eigenvalue weighted by Gasteiger charge is -2.06. The van der Waals surface area contributed by atoms with Gasteiger partial charge in [0.05, 0.1) is 5.69 Å². The SMILES string of the molecule is O=C(CCSCC=Cc1ccccc1)Nc1ccc(Cl)cc1F. The predicted molar refractivity (Wildman–Crippen MR) is 97.5 cm³/mol. The lowest BCUT2D eigenvalue weighted by Crippen LogP contribution is -2.13. The maximum absolute atomic E-state index is 13.5. The molecule has 0 aliphatic heterocycles. The van der Waals surface area contributed by atoms with Gasteiger partial charge in [-0.05, 0) is 23.8 Å². The average molecular weight is 350 g/mol. The first kappa shape index (κ1) is 17.6. The zero-order chi connectivity index (χ0) is 16.5. The van der Waals surface area contributed by atoms with Crippen LogP contribution in [0.2, 0.25) is 5.02 Å². The molecular formula is C18H17ClFNOS. The molecule has 0 aliphatic rings. The highest BCUT2D eigenvalue weighted by Gasteiger charge is 2.07. The molecule has 2 aromatic rings. The number of nitrogens with one attached hydrogen (secondary N) is 1. The van der Waals surface area contributed by atoms with Crippen molar-refractivity contribution < 1.29 is 9.18 Å². The number of anilines is 1. The van der Waals surface area contributed by atoms with E-state index in [1.807, 2.05) is 30.3 Å². The summed E-state index contributed by atoms with van der Waals surface area (Å²) in [5, 5.41) is 2.86. The third-order valence-corrected chi connectivity index (χ3v) is 4.16. The molecule has 0 unspecified atom stereocenters. The average Bonchev–Trinajstić information content (AvgIpc) is 2.54. The molecule has 0 fully saturated rings. The summed E-state index contributed by atoms with van der Waals surface area (Å²) in [6, 6.07) is 14.2. The van der Waals surface area contributed by atoms with Gasteiger partial charge in [0.15, 0.2) is 0 Å². The van der Waals surface area contributed by atoms with E-state index in [9.17, 15) is 9.18 Å². The fourth-order valence-electron chi connectivity index (χ4n) is 1.87. The van der Waals surface area contributed by atoms with E-state index in [0.29, 0.717) is 17.2 Å². The molecule has 0 aliphatic carbocycles. The molecule has 23 heavy (non-hydrogen) atoms. The minimum absolute atomic E-state index is 0.161. The van der Waals surface area contributed by atoms with E-state index in [-0.39, 0.29) is 11.6 Å². The summed E-state index contributed by atoms with van der Waals surface area (Å²) in [6.07, 6.45) is 4.46. The van der Waals surface area contributed by atoms with Crippen LogP contribution in [0.5, 0.6) is 0 Å². The molecule has 0 atom stereocenters. The summed E-state index contributed by atoms with van der Waals surface area (Å²) in [4.78, 5) is 11.8. The van der Waals surface area contributed by atoms with Gasteiger partial charge in [-0.3, -0.25) is 4.79 Å². The third-order valence-electron chi connectivity index (χ3n) is 3.00. The Kier molecular flexibility index (Phi) is 7.17. The molecule has 0 bridgehead atoms. The minimum Gasteiger partial charge on any atom is -0.324 e. The first-order valence-corrected chi connectivity index (χ1v) is 8.72. The van der Waals surface area contributed by atoms with Crippen LogP contribution in [0, 0.1) is 5.82 Å². The first-order chi connectivity index (χ1) is 11.1. The zero-order valence-corrected chi connectivity index (χ0v) is 14.0. The Balaban J connectivity index is 1.66. The molecule has 5 heteroatoms. The number of halogens is 2. The van der Waals surface area contributed by atoms with Crippen molar-refractivity contribution in [1.29, 1.82) is 0 Å². The molecule has 0 saturated heterocycles. The Morgan fingerprint density at radius 3 is 2.74 bits per heavy atom. The van der Waals surface area contributed by atoms with E-state index in [4.69, 9.17) is 11.6 Å². The monoisotopic (exact) mass is 349 g/mol. The Hall–Kier alpha value is -1.78. The summed E-state index contributed by atoms with van der Waals surface area (Å²) in [7, 11) is 0. The highest BCUT2D eigenvalue weighted by atomic mass is 35.5. The van der Waals surface area contributed by atoms with Gasteiger partial charge in [-0.2, -0.15) is 11.8 Å². The predicted octanol–water partition coefficient (Wildman–Crippen LogP) is 5.25. The number of carbonyl (C=O) groups excluding carboxylic acids is 1. The van der Waals surface area contributed by atoms with Crippen molar-refractivity contribution in [3.8, 4) is 0 Å². The number of hydrogen-bond acceptors (Lipinski definition) is 2. The van der Waals surface area contributed by atoms with Gasteiger partial charge in [-0.15, -0.1) is 0 Å². The topological polar surface area (TPSA) is 29.1 Å². The molecule has 120 valence electrons. The zero-order valence-electron chi connectivity index (χ0n) is 12.5. The van der Waals surface area contributed by atoms with E-state index in [0.717, 1.165) is 11.3 Å². The Labute approximate surface area is 144 Å². The Morgan fingerprint density at radius 1 is 1.22 bits per heavy atom. The van der Waals surface area contributed by atoms with Crippen LogP contribution in [0.4, 0.5) is 10.1 Å². The molecule has 0 saturated carbocycles. The van der Waals surface area contributed by atoms with E-state index < -0.39 is 5.82 Å². The molecule has 2 nitrogen and oxygen atoms in total. The van der Waals surface area contributed by atoms with Crippen LogP contribution in [0.3, 0.4) is 0 Å². The summed E-state index contributed by atoms with van der Waals surface area (Å²) in [5.41, 5.74) is 1.32.